The van der Waals surface area contributed by atoms with E-state index in [1.54, 1.807) is 0 Å². The van der Waals surface area contributed by atoms with Gasteiger partial charge in [-0.2, -0.15) is 0 Å². The fourth-order valence-corrected chi connectivity index (χ4v) is 3.37. The topological polar surface area (TPSA) is 46.2 Å². The second kappa shape index (κ2) is 6.86. The van der Waals surface area contributed by atoms with Gasteiger partial charge in [0, 0.05) is 21.6 Å². The highest BCUT2D eigenvalue weighted by Crippen LogP contribution is 2.25. The summed E-state index contributed by atoms with van der Waals surface area (Å²) in [6, 6.07) is 6.47. The molecule has 18 heavy (non-hydrogen) atoms. The maximum atomic E-state index is 11.1. The molecule has 3 nitrogen and oxygen atoms in total. The van der Waals surface area contributed by atoms with Crippen molar-refractivity contribution in [3.63, 3.8) is 0 Å². The van der Waals surface area contributed by atoms with Crippen molar-refractivity contribution in [1.82, 2.24) is 5.32 Å². The molecule has 0 bridgehead atoms. The lowest BCUT2D eigenvalue weighted by molar-refractivity contribution is 0.534. The maximum absolute atomic E-state index is 11.1. The molecule has 1 aromatic carbocycles. The van der Waals surface area contributed by atoms with Crippen molar-refractivity contribution in [2.24, 2.45) is 0 Å². The Labute approximate surface area is 123 Å². The van der Waals surface area contributed by atoms with Crippen LogP contribution in [0.15, 0.2) is 18.2 Å². The third-order valence-electron chi connectivity index (χ3n) is 2.95. The second-order valence-electron chi connectivity index (χ2n) is 4.59. The van der Waals surface area contributed by atoms with E-state index >= 15 is 0 Å². The summed E-state index contributed by atoms with van der Waals surface area (Å²) in [6.07, 6.45) is 2.81. The lowest BCUT2D eigenvalue weighted by Gasteiger charge is -2.19. The van der Waals surface area contributed by atoms with Crippen LogP contribution in [0, 0.1) is 10.5 Å². The van der Waals surface area contributed by atoms with Crippen LogP contribution in [-0.4, -0.2) is 27.5 Å². The van der Waals surface area contributed by atoms with Gasteiger partial charge in [0.15, 0.2) is 0 Å². The fraction of sp³-hybridized carbons (Fsp3) is 0.538. The van der Waals surface area contributed by atoms with Gasteiger partial charge < -0.3 is 5.32 Å². The Balaban J connectivity index is 2.75. The Kier molecular flexibility index (Phi) is 6.07. The summed E-state index contributed by atoms with van der Waals surface area (Å²) in [6.45, 7) is 2.09. The lowest BCUT2D eigenvalue weighted by atomic mass is 10.0. The minimum absolute atomic E-state index is 0.221. The van der Waals surface area contributed by atoms with Gasteiger partial charge in [-0.05, 0) is 60.5 Å². The highest BCUT2D eigenvalue weighted by atomic mass is 127. The minimum atomic E-state index is -2.86. The minimum Gasteiger partial charge on any atom is -0.313 e. The summed E-state index contributed by atoms with van der Waals surface area (Å²) in [5.74, 6) is 0.258. The van der Waals surface area contributed by atoms with Gasteiger partial charge in [-0.1, -0.05) is 18.2 Å². The summed E-state index contributed by atoms with van der Waals surface area (Å²) in [4.78, 5) is 0. The Morgan fingerprint density at radius 1 is 1.39 bits per heavy atom. The van der Waals surface area contributed by atoms with E-state index in [4.69, 9.17) is 0 Å². The number of nitrogens with one attached hydrogen (secondary N) is 1. The van der Waals surface area contributed by atoms with E-state index in [1.165, 1.54) is 21.0 Å². The van der Waals surface area contributed by atoms with Gasteiger partial charge in [0.1, 0.15) is 9.84 Å². The van der Waals surface area contributed by atoms with Gasteiger partial charge in [0.2, 0.25) is 0 Å². The van der Waals surface area contributed by atoms with Crippen LogP contribution >= 0.6 is 22.6 Å². The van der Waals surface area contributed by atoms with E-state index in [9.17, 15) is 8.42 Å². The molecule has 0 radical (unpaired) electrons. The molecule has 0 aliphatic carbocycles. The summed E-state index contributed by atoms with van der Waals surface area (Å²) < 4.78 is 23.5. The first-order valence-corrected chi connectivity index (χ1v) is 9.09. The fourth-order valence-electron chi connectivity index (χ4n) is 1.94. The van der Waals surface area contributed by atoms with Gasteiger partial charge in [0.25, 0.3) is 0 Å². The predicted octanol–water partition coefficient (Wildman–Crippen LogP) is 2.68. The Bertz CT molecular complexity index is 500. The molecule has 1 atom stereocenters. The Morgan fingerprint density at radius 3 is 2.61 bits per heavy atom. The highest BCUT2D eigenvalue weighted by molar-refractivity contribution is 14.1. The molecule has 0 fully saturated rings. The van der Waals surface area contributed by atoms with E-state index in [2.05, 4.69) is 47.0 Å². The van der Waals surface area contributed by atoms with E-state index < -0.39 is 9.84 Å². The van der Waals surface area contributed by atoms with Crippen molar-refractivity contribution in [3.05, 3.63) is 32.9 Å². The van der Waals surface area contributed by atoms with Crippen LogP contribution in [0.3, 0.4) is 0 Å². The van der Waals surface area contributed by atoms with Crippen LogP contribution in [0.5, 0.6) is 0 Å². The molecular weight excluding hydrogens is 361 g/mol. The van der Waals surface area contributed by atoms with Crippen LogP contribution in [-0.2, 0) is 9.84 Å². The van der Waals surface area contributed by atoms with Crippen LogP contribution in [0.1, 0.15) is 30.0 Å². The maximum Gasteiger partial charge on any atom is 0.147 e. The first kappa shape index (κ1) is 15.9. The van der Waals surface area contributed by atoms with Crippen molar-refractivity contribution in [3.8, 4) is 0 Å². The molecule has 0 saturated heterocycles. The molecule has 5 heteroatoms. The zero-order valence-corrected chi connectivity index (χ0v) is 14.0. The average molecular weight is 381 g/mol. The number of hydrogen-bond acceptors (Lipinski definition) is 3. The summed E-state index contributed by atoms with van der Waals surface area (Å²) in [5, 5.41) is 3.27. The largest absolute Gasteiger partial charge is 0.313 e. The number of sulfone groups is 1. The van der Waals surface area contributed by atoms with Crippen LogP contribution in [0.2, 0.25) is 0 Å². The van der Waals surface area contributed by atoms with Crippen molar-refractivity contribution in [1.29, 1.82) is 0 Å². The standard InChI is InChI=1S/C13H20INO2S/c1-10-6-4-7-11(13(10)14)12(15-2)8-5-9-18(3,16)17/h4,6-7,12,15H,5,8-9H2,1-3H3. The molecule has 0 aliphatic heterocycles. The summed E-state index contributed by atoms with van der Waals surface area (Å²) in [7, 11) is -0.938. The zero-order chi connectivity index (χ0) is 13.8. The van der Waals surface area contributed by atoms with Gasteiger partial charge in [0.05, 0.1) is 0 Å². The molecule has 1 rings (SSSR count). The SMILES string of the molecule is CNC(CCCS(C)(=O)=O)c1cccc(C)c1I. The van der Waals surface area contributed by atoms with E-state index in [1.807, 2.05) is 13.1 Å². The number of halogens is 1. The predicted molar refractivity (Wildman–Crippen MR) is 84.6 cm³/mol. The number of aryl methyl sites for hydroxylation is 1. The molecular formula is C13H20INO2S. The zero-order valence-electron chi connectivity index (χ0n) is 11.0. The molecule has 0 saturated carbocycles. The summed E-state index contributed by atoms with van der Waals surface area (Å²) >= 11 is 2.35. The number of benzene rings is 1. The van der Waals surface area contributed by atoms with E-state index in [-0.39, 0.29) is 11.8 Å². The van der Waals surface area contributed by atoms with E-state index in [0.29, 0.717) is 6.42 Å². The van der Waals surface area contributed by atoms with Gasteiger partial charge in [-0.3, -0.25) is 0 Å². The molecule has 1 N–H and O–H groups in total. The molecule has 0 spiro atoms. The third-order valence-corrected chi connectivity index (χ3v) is 5.46. The monoisotopic (exact) mass is 381 g/mol. The smallest absolute Gasteiger partial charge is 0.147 e. The van der Waals surface area contributed by atoms with Gasteiger partial charge >= 0.3 is 0 Å². The first-order chi connectivity index (χ1) is 8.35. The molecule has 0 amide bonds. The van der Waals surface area contributed by atoms with Crippen LogP contribution in [0.4, 0.5) is 0 Å². The molecule has 0 heterocycles. The quantitative estimate of drug-likeness (QED) is 0.771. The van der Waals surface area contributed by atoms with E-state index in [0.717, 1.165) is 6.42 Å². The average Bonchev–Trinajstić information content (AvgIpc) is 2.27. The molecule has 1 unspecified atom stereocenters. The van der Waals surface area contributed by atoms with Gasteiger partial charge in [-0.25, -0.2) is 8.42 Å². The van der Waals surface area contributed by atoms with Crippen molar-refractivity contribution >= 4 is 32.4 Å². The van der Waals surface area contributed by atoms with Crippen LogP contribution in [0.25, 0.3) is 0 Å². The summed E-state index contributed by atoms with van der Waals surface area (Å²) in [5.41, 5.74) is 2.52. The molecule has 0 aromatic heterocycles. The first-order valence-electron chi connectivity index (χ1n) is 5.95. The highest BCUT2D eigenvalue weighted by Gasteiger charge is 2.14. The lowest BCUT2D eigenvalue weighted by Crippen LogP contribution is -2.19. The number of rotatable bonds is 6. The molecule has 0 aliphatic rings. The van der Waals surface area contributed by atoms with Crippen molar-refractivity contribution in [2.75, 3.05) is 19.1 Å². The Morgan fingerprint density at radius 2 is 2.06 bits per heavy atom. The van der Waals surface area contributed by atoms with Crippen molar-refractivity contribution in [2.45, 2.75) is 25.8 Å². The Hall–Kier alpha value is -0.140. The van der Waals surface area contributed by atoms with Gasteiger partial charge in [-0.15, -0.1) is 0 Å². The normalized spacial score (nSPS) is 13.6. The van der Waals surface area contributed by atoms with Crippen molar-refractivity contribution < 1.29 is 8.42 Å². The second-order valence-corrected chi connectivity index (χ2v) is 7.93. The molecule has 102 valence electrons. The molecule has 1 aromatic rings. The number of hydrogen-bond donors (Lipinski definition) is 1. The van der Waals surface area contributed by atoms with Crippen LogP contribution < -0.4 is 5.32 Å². The third kappa shape index (κ3) is 4.85.